The molecule has 2 aliphatic rings. The SMILES string of the molecule is Cc1cc(C(=O)NC2CCN(C(=O)C3CCCC(N)C3)CC2)c(C)o1. The van der Waals surface area contributed by atoms with E-state index in [4.69, 9.17) is 10.2 Å². The molecule has 2 amide bonds. The number of carbonyl (C=O) groups is 2. The molecule has 0 bridgehead atoms. The first kappa shape index (κ1) is 18.0. The molecule has 25 heavy (non-hydrogen) atoms. The molecule has 1 aliphatic heterocycles. The third-order valence-electron chi connectivity index (χ3n) is 5.49. The molecule has 2 fully saturated rings. The second-order valence-corrected chi connectivity index (χ2v) is 7.52. The average molecular weight is 347 g/mol. The third-order valence-corrected chi connectivity index (χ3v) is 5.49. The first-order chi connectivity index (χ1) is 11.9. The quantitative estimate of drug-likeness (QED) is 0.877. The summed E-state index contributed by atoms with van der Waals surface area (Å²) in [5, 5.41) is 3.08. The molecule has 1 saturated carbocycles. The highest BCUT2D eigenvalue weighted by molar-refractivity contribution is 5.95. The molecule has 1 aromatic rings. The van der Waals surface area contributed by atoms with Crippen molar-refractivity contribution in [3.05, 3.63) is 23.2 Å². The van der Waals surface area contributed by atoms with Gasteiger partial charge in [-0.1, -0.05) is 6.42 Å². The van der Waals surface area contributed by atoms with Gasteiger partial charge < -0.3 is 20.4 Å². The van der Waals surface area contributed by atoms with E-state index in [1.54, 1.807) is 13.0 Å². The van der Waals surface area contributed by atoms with Crippen LogP contribution >= 0.6 is 0 Å². The summed E-state index contributed by atoms with van der Waals surface area (Å²) in [6, 6.07) is 2.05. The van der Waals surface area contributed by atoms with Crippen molar-refractivity contribution in [1.82, 2.24) is 10.2 Å². The van der Waals surface area contributed by atoms with Gasteiger partial charge in [-0.25, -0.2) is 0 Å². The van der Waals surface area contributed by atoms with Crippen molar-refractivity contribution in [1.29, 1.82) is 0 Å². The van der Waals surface area contributed by atoms with E-state index in [1.165, 1.54) is 0 Å². The predicted octanol–water partition coefficient (Wildman–Crippen LogP) is 2.13. The number of likely N-dealkylation sites (tertiary alicyclic amines) is 1. The van der Waals surface area contributed by atoms with Crippen LogP contribution < -0.4 is 11.1 Å². The first-order valence-corrected chi connectivity index (χ1v) is 9.36. The van der Waals surface area contributed by atoms with Crippen LogP contribution in [0.25, 0.3) is 0 Å². The van der Waals surface area contributed by atoms with E-state index in [2.05, 4.69) is 5.32 Å². The second-order valence-electron chi connectivity index (χ2n) is 7.52. The van der Waals surface area contributed by atoms with Gasteiger partial charge in [0.15, 0.2) is 0 Å². The van der Waals surface area contributed by atoms with E-state index in [9.17, 15) is 9.59 Å². The van der Waals surface area contributed by atoms with E-state index in [0.29, 0.717) is 24.4 Å². The van der Waals surface area contributed by atoms with E-state index < -0.39 is 0 Å². The second kappa shape index (κ2) is 7.60. The number of amides is 2. The number of hydrogen-bond acceptors (Lipinski definition) is 4. The summed E-state index contributed by atoms with van der Waals surface area (Å²) in [7, 11) is 0. The van der Waals surface area contributed by atoms with Gasteiger partial charge in [0.05, 0.1) is 5.56 Å². The molecule has 0 aromatic carbocycles. The Morgan fingerprint density at radius 3 is 2.52 bits per heavy atom. The number of hydrogen-bond donors (Lipinski definition) is 2. The highest BCUT2D eigenvalue weighted by Crippen LogP contribution is 2.26. The molecule has 6 nitrogen and oxygen atoms in total. The van der Waals surface area contributed by atoms with Crippen LogP contribution in [-0.2, 0) is 4.79 Å². The topological polar surface area (TPSA) is 88.6 Å². The molecule has 1 aliphatic carbocycles. The predicted molar refractivity (Wildman–Crippen MR) is 95.2 cm³/mol. The molecule has 2 atom stereocenters. The van der Waals surface area contributed by atoms with Gasteiger partial charge in [-0.05, 0) is 52.0 Å². The Morgan fingerprint density at radius 2 is 1.92 bits per heavy atom. The molecule has 1 saturated heterocycles. The molecule has 2 unspecified atom stereocenters. The minimum Gasteiger partial charge on any atom is -0.466 e. The maximum Gasteiger partial charge on any atom is 0.255 e. The number of nitrogens with zero attached hydrogens (tertiary/aromatic N) is 1. The van der Waals surface area contributed by atoms with Gasteiger partial charge in [0.25, 0.3) is 5.91 Å². The van der Waals surface area contributed by atoms with Crippen LogP contribution in [0.1, 0.15) is 60.4 Å². The fourth-order valence-electron chi connectivity index (χ4n) is 4.07. The standard InChI is InChI=1S/C19H29N3O3/c1-12-10-17(13(2)25-12)18(23)21-16-6-8-22(9-7-16)19(24)14-4-3-5-15(20)11-14/h10,14-16H,3-9,11,20H2,1-2H3,(H,21,23). The normalized spacial score (nSPS) is 25.0. The van der Waals surface area contributed by atoms with Crippen molar-refractivity contribution in [2.24, 2.45) is 11.7 Å². The molecule has 0 spiro atoms. The van der Waals surface area contributed by atoms with Crippen LogP contribution in [0.4, 0.5) is 0 Å². The van der Waals surface area contributed by atoms with Crippen molar-refractivity contribution >= 4 is 11.8 Å². The summed E-state index contributed by atoms with van der Waals surface area (Å²) < 4.78 is 5.43. The summed E-state index contributed by atoms with van der Waals surface area (Å²) in [6.45, 7) is 5.06. The molecular weight excluding hydrogens is 318 g/mol. The average Bonchev–Trinajstić information content (AvgIpc) is 2.93. The Morgan fingerprint density at radius 1 is 1.20 bits per heavy atom. The zero-order chi connectivity index (χ0) is 18.0. The number of furan rings is 1. The molecule has 3 rings (SSSR count). The Bertz CT molecular complexity index is 632. The van der Waals surface area contributed by atoms with Gasteiger partial charge in [0.1, 0.15) is 11.5 Å². The minimum absolute atomic E-state index is 0.0858. The Labute approximate surface area is 149 Å². The number of carbonyl (C=O) groups excluding carboxylic acids is 2. The zero-order valence-electron chi connectivity index (χ0n) is 15.2. The number of nitrogens with one attached hydrogen (secondary N) is 1. The Kier molecular flexibility index (Phi) is 5.47. The number of piperidine rings is 1. The number of rotatable bonds is 3. The maximum atomic E-state index is 12.7. The molecule has 1 aromatic heterocycles. The van der Waals surface area contributed by atoms with Crippen LogP contribution in [0, 0.1) is 19.8 Å². The van der Waals surface area contributed by atoms with Gasteiger partial charge in [0, 0.05) is 31.1 Å². The first-order valence-electron chi connectivity index (χ1n) is 9.36. The lowest BCUT2D eigenvalue weighted by Crippen LogP contribution is -2.49. The molecule has 0 radical (unpaired) electrons. The van der Waals surface area contributed by atoms with Gasteiger partial charge in [-0.15, -0.1) is 0 Å². The Balaban J connectivity index is 1.49. The molecular formula is C19H29N3O3. The zero-order valence-corrected chi connectivity index (χ0v) is 15.2. The lowest BCUT2D eigenvalue weighted by Gasteiger charge is -2.36. The smallest absolute Gasteiger partial charge is 0.255 e. The summed E-state index contributed by atoms with van der Waals surface area (Å²) in [4.78, 5) is 27.0. The van der Waals surface area contributed by atoms with Crippen LogP contribution in [0.5, 0.6) is 0 Å². The summed E-state index contributed by atoms with van der Waals surface area (Å²) in [5.74, 6) is 1.65. The Hall–Kier alpha value is -1.82. The van der Waals surface area contributed by atoms with E-state index in [-0.39, 0.29) is 29.8 Å². The molecule has 3 N–H and O–H groups in total. The van der Waals surface area contributed by atoms with Crippen LogP contribution in [0.3, 0.4) is 0 Å². The van der Waals surface area contributed by atoms with Crippen molar-refractivity contribution in [2.75, 3.05) is 13.1 Å². The minimum atomic E-state index is -0.0858. The van der Waals surface area contributed by atoms with Crippen molar-refractivity contribution < 1.29 is 14.0 Å². The monoisotopic (exact) mass is 347 g/mol. The third kappa shape index (κ3) is 4.24. The van der Waals surface area contributed by atoms with Gasteiger partial charge in [-0.3, -0.25) is 9.59 Å². The fraction of sp³-hybridized carbons (Fsp3) is 0.684. The number of aryl methyl sites for hydroxylation is 2. The molecule has 138 valence electrons. The van der Waals surface area contributed by atoms with Crippen molar-refractivity contribution in [3.8, 4) is 0 Å². The number of nitrogens with two attached hydrogens (primary N) is 1. The van der Waals surface area contributed by atoms with E-state index in [1.807, 2.05) is 11.8 Å². The largest absolute Gasteiger partial charge is 0.466 e. The highest BCUT2D eigenvalue weighted by Gasteiger charge is 2.31. The van der Waals surface area contributed by atoms with Gasteiger partial charge >= 0.3 is 0 Å². The van der Waals surface area contributed by atoms with Gasteiger partial charge in [-0.2, -0.15) is 0 Å². The summed E-state index contributed by atoms with van der Waals surface area (Å²) >= 11 is 0. The highest BCUT2D eigenvalue weighted by atomic mass is 16.3. The van der Waals surface area contributed by atoms with Gasteiger partial charge in [0.2, 0.25) is 5.91 Å². The van der Waals surface area contributed by atoms with E-state index in [0.717, 1.165) is 44.3 Å². The molecule has 2 heterocycles. The van der Waals surface area contributed by atoms with E-state index >= 15 is 0 Å². The van der Waals surface area contributed by atoms with Crippen molar-refractivity contribution in [3.63, 3.8) is 0 Å². The maximum absolute atomic E-state index is 12.7. The van der Waals surface area contributed by atoms with Crippen LogP contribution in [0.15, 0.2) is 10.5 Å². The fourth-order valence-corrected chi connectivity index (χ4v) is 4.07. The lowest BCUT2D eigenvalue weighted by atomic mass is 9.85. The summed E-state index contributed by atoms with van der Waals surface area (Å²) in [5.41, 5.74) is 6.62. The van der Waals surface area contributed by atoms with Crippen LogP contribution in [-0.4, -0.2) is 41.9 Å². The lowest BCUT2D eigenvalue weighted by molar-refractivity contribution is -0.137. The molecule has 6 heteroatoms. The van der Waals surface area contributed by atoms with Crippen molar-refractivity contribution in [2.45, 2.75) is 64.5 Å². The van der Waals surface area contributed by atoms with Crippen LogP contribution in [0.2, 0.25) is 0 Å². The summed E-state index contributed by atoms with van der Waals surface area (Å²) in [6.07, 6.45) is 5.45.